The Kier molecular flexibility index (Phi) is 23.3. The van der Waals surface area contributed by atoms with Gasteiger partial charge in [-0.15, -0.1) is 0 Å². The molecule has 1 rings (SSSR count). The number of unbranched alkanes of at least 4 members (excludes halogenated alkanes) is 16. The van der Waals surface area contributed by atoms with Crippen molar-refractivity contribution >= 4 is 0 Å². The van der Waals surface area contributed by atoms with Gasteiger partial charge in [0.25, 0.3) is 0 Å². The van der Waals surface area contributed by atoms with Gasteiger partial charge in [-0.2, -0.15) is 0 Å². The maximum Gasteiger partial charge on any atom is 0.0911 e. The Labute approximate surface area is 201 Å². The van der Waals surface area contributed by atoms with Crippen molar-refractivity contribution < 1.29 is 17.7 Å². The van der Waals surface area contributed by atoms with Crippen molar-refractivity contribution in [1.82, 2.24) is 0 Å². The number of allylic oxidation sites excluding steroid dienone is 1. The summed E-state index contributed by atoms with van der Waals surface area (Å²) in [4.78, 5) is 0. The molecule has 0 fully saturated rings. The van der Waals surface area contributed by atoms with Crippen molar-refractivity contribution in [2.45, 2.75) is 129 Å². The van der Waals surface area contributed by atoms with E-state index < -0.39 is 0 Å². The summed E-state index contributed by atoms with van der Waals surface area (Å²) in [5, 5.41) is 2.34. The van der Waals surface area contributed by atoms with Gasteiger partial charge in [-0.3, -0.25) is 0 Å². The van der Waals surface area contributed by atoms with Crippen molar-refractivity contribution in [3.8, 4) is 0 Å². The van der Waals surface area contributed by atoms with Crippen LogP contribution in [0.1, 0.15) is 129 Å². The van der Waals surface area contributed by atoms with Gasteiger partial charge in [0.15, 0.2) is 0 Å². The van der Waals surface area contributed by atoms with Crippen LogP contribution in [0.3, 0.4) is 0 Å². The predicted molar refractivity (Wildman–Crippen MR) is 135 cm³/mol. The number of aryl methyl sites for hydroxylation is 1. The lowest BCUT2D eigenvalue weighted by molar-refractivity contribution is -0.589. The SMILES string of the molecule is CC(C)=C[NH2+]CCCCCCCCCCCCCCCCCCCc1ccccc1.[Cl-]. The predicted octanol–water partition coefficient (Wildman–Crippen LogP) is 5.35. The van der Waals surface area contributed by atoms with E-state index in [4.69, 9.17) is 0 Å². The third-order valence-corrected chi connectivity index (χ3v) is 6.13. The van der Waals surface area contributed by atoms with Crippen molar-refractivity contribution in [1.29, 1.82) is 0 Å². The molecule has 0 unspecified atom stereocenters. The summed E-state index contributed by atoms with van der Waals surface area (Å²) < 4.78 is 0. The van der Waals surface area contributed by atoms with Crippen LogP contribution in [0.25, 0.3) is 0 Å². The van der Waals surface area contributed by atoms with Crippen LogP contribution in [0.5, 0.6) is 0 Å². The fourth-order valence-corrected chi connectivity index (χ4v) is 4.21. The quantitative estimate of drug-likeness (QED) is 0.243. The van der Waals surface area contributed by atoms with Crippen molar-refractivity contribution in [2.75, 3.05) is 6.54 Å². The lowest BCUT2D eigenvalue weighted by Gasteiger charge is -2.04. The lowest BCUT2D eigenvalue weighted by Crippen LogP contribution is -3.00. The van der Waals surface area contributed by atoms with E-state index >= 15 is 0 Å². The van der Waals surface area contributed by atoms with Crippen LogP contribution in [0.2, 0.25) is 0 Å². The van der Waals surface area contributed by atoms with Gasteiger partial charge in [0.1, 0.15) is 0 Å². The first-order valence-corrected chi connectivity index (χ1v) is 13.3. The van der Waals surface area contributed by atoms with Gasteiger partial charge in [0.2, 0.25) is 0 Å². The molecule has 0 saturated carbocycles. The fraction of sp³-hybridized carbons (Fsp3) is 0.724. The minimum Gasteiger partial charge on any atom is -1.00 e. The number of benzene rings is 1. The lowest BCUT2D eigenvalue weighted by atomic mass is 10.0. The van der Waals surface area contributed by atoms with Crippen LogP contribution in [0, 0.1) is 0 Å². The molecule has 180 valence electrons. The largest absolute Gasteiger partial charge is 1.00 e. The highest BCUT2D eigenvalue weighted by Crippen LogP contribution is 2.14. The molecule has 0 heterocycles. The van der Waals surface area contributed by atoms with Crippen LogP contribution in [-0.2, 0) is 6.42 Å². The molecule has 0 spiro atoms. The van der Waals surface area contributed by atoms with Crippen LogP contribution in [0.4, 0.5) is 0 Å². The molecule has 0 aliphatic carbocycles. The average Bonchev–Trinajstić information content (AvgIpc) is 2.75. The minimum absolute atomic E-state index is 0. The van der Waals surface area contributed by atoms with E-state index in [9.17, 15) is 0 Å². The smallest absolute Gasteiger partial charge is 0.0911 e. The number of hydrogen-bond donors (Lipinski definition) is 1. The minimum atomic E-state index is 0. The Morgan fingerprint density at radius 1 is 0.581 bits per heavy atom. The highest BCUT2D eigenvalue weighted by Gasteiger charge is 1.96. The molecular weight excluding hydrogens is 398 g/mol. The zero-order valence-corrected chi connectivity index (χ0v) is 21.6. The second-order valence-electron chi connectivity index (χ2n) is 9.51. The number of halogens is 1. The molecule has 0 bridgehead atoms. The molecule has 0 saturated heterocycles. The third-order valence-electron chi connectivity index (χ3n) is 6.13. The van der Waals surface area contributed by atoms with Crippen molar-refractivity contribution in [2.24, 2.45) is 0 Å². The van der Waals surface area contributed by atoms with Gasteiger partial charge in [-0.1, -0.05) is 120 Å². The summed E-state index contributed by atoms with van der Waals surface area (Å²) >= 11 is 0. The first kappa shape index (κ1) is 30.2. The zero-order chi connectivity index (χ0) is 21.5. The van der Waals surface area contributed by atoms with Gasteiger partial charge >= 0.3 is 0 Å². The molecule has 1 nitrogen and oxygen atoms in total. The molecule has 0 aliphatic rings. The monoisotopic (exact) mass is 449 g/mol. The Bertz CT molecular complexity index is 493. The molecule has 0 aliphatic heterocycles. The maximum atomic E-state index is 2.34. The average molecular weight is 450 g/mol. The first-order valence-electron chi connectivity index (χ1n) is 13.3. The molecule has 31 heavy (non-hydrogen) atoms. The summed E-state index contributed by atoms with van der Waals surface area (Å²) in [5.41, 5.74) is 2.92. The van der Waals surface area contributed by atoms with Crippen LogP contribution >= 0.6 is 0 Å². The van der Waals surface area contributed by atoms with Crippen molar-refractivity contribution in [3.63, 3.8) is 0 Å². The molecule has 1 aromatic rings. The number of hydrogen-bond acceptors (Lipinski definition) is 0. The van der Waals surface area contributed by atoms with Gasteiger partial charge in [0, 0.05) is 0 Å². The highest BCUT2D eigenvalue weighted by atomic mass is 35.5. The van der Waals surface area contributed by atoms with E-state index in [2.05, 4.69) is 55.7 Å². The Hall–Kier alpha value is -0.790. The fourth-order valence-electron chi connectivity index (χ4n) is 4.21. The zero-order valence-electron chi connectivity index (χ0n) is 20.9. The van der Waals surface area contributed by atoms with Crippen LogP contribution < -0.4 is 17.7 Å². The standard InChI is InChI=1S/C29H51N.ClH/c1-28(2)27-30-26-22-17-15-13-11-9-7-5-3-4-6-8-10-12-14-16-19-23-29-24-20-18-21-25-29;/h18,20-21,24-25,27,30H,3-17,19,22-23,26H2,1-2H3;1H. The third kappa shape index (κ3) is 22.2. The Balaban J connectivity index is 0.00000900. The van der Waals surface area contributed by atoms with Gasteiger partial charge in [-0.25, -0.2) is 0 Å². The summed E-state index contributed by atoms with van der Waals surface area (Å²) in [5.74, 6) is 0. The first-order chi connectivity index (χ1) is 14.8. The molecule has 0 aromatic heterocycles. The van der Waals surface area contributed by atoms with E-state index in [1.807, 2.05) is 0 Å². The second-order valence-corrected chi connectivity index (χ2v) is 9.51. The Morgan fingerprint density at radius 3 is 1.39 bits per heavy atom. The molecule has 2 N–H and O–H groups in total. The van der Waals surface area contributed by atoms with E-state index in [1.54, 1.807) is 0 Å². The maximum absolute atomic E-state index is 2.34. The summed E-state index contributed by atoms with van der Waals surface area (Å²) in [6.45, 7) is 5.61. The molecule has 2 heteroatoms. The molecule has 0 radical (unpaired) electrons. The van der Waals surface area contributed by atoms with Crippen LogP contribution in [-0.4, -0.2) is 6.54 Å². The Morgan fingerprint density at radius 2 is 0.968 bits per heavy atom. The number of nitrogens with two attached hydrogens (primary N) is 1. The highest BCUT2D eigenvalue weighted by molar-refractivity contribution is 5.14. The molecule has 1 aromatic carbocycles. The number of rotatable bonds is 21. The summed E-state index contributed by atoms with van der Waals surface area (Å²) in [7, 11) is 0. The van der Waals surface area contributed by atoms with Gasteiger partial charge in [0.05, 0.1) is 12.7 Å². The topological polar surface area (TPSA) is 16.6 Å². The van der Waals surface area contributed by atoms with E-state index in [-0.39, 0.29) is 12.4 Å². The molecule has 0 amide bonds. The summed E-state index contributed by atoms with van der Waals surface area (Å²) in [6.07, 6.45) is 28.0. The normalized spacial score (nSPS) is 10.6. The summed E-state index contributed by atoms with van der Waals surface area (Å²) in [6, 6.07) is 10.9. The van der Waals surface area contributed by atoms with Crippen LogP contribution in [0.15, 0.2) is 42.1 Å². The molecule has 0 atom stereocenters. The van der Waals surface area contributed by atoms with E-state index in [1.165, 1.54) is 133 Å². The van der Waals surface area contributed by atoms with E-state index in [0.29, 0.717) is 0 Å². The number of quaternary nitrogens is 1. The molecular formula is C29H52ClN. The van der Waals surface area contributed by atoms with Crippen molar-refractivity contribution in [3.05, 3.63) is 47.7 Å². The van der Waals surface area contributed by atoms with E-state index in [0.717, 1.165) is 0 Å². The van der Waals surface area contributed by atoms with Gasteiger partial charge in [-0.05, 0) is 50.7 Å². The van der Waals surface area contributed by atoms with Gasteiger partial charge < -0.3 is 17.7 Å². The second kappa shape index (κ2) is 23.9.